The molecular weight excluding hydrogens is 420 g/mol. The first-order chi connectivity index (χ1) is 17.0. The zero-order chi connectivity index (χ0) is 24.4. The quantitative estimate of drug-likeness (QED) is 0.264. The SMILES string of the molecule is C/C=C\C=C/c1ccc2c(c1)-c1cc3ccccc3cc1C2(C)c1ccc(/C=C(C)\C=C/C)cc1. The molecule has 0 amide bonds. The van der Waals surface area contributed by atoms with E-state index in [1.807, 2.05) is 6.92 Å². The molecular formula is C35H32. The zero-order valence-electron chi connectivity index (χ0n) is 21.0. The van der Waals surface area contributed by atoms with E-state index in [1.165, 1.54) is 55.3 Å². The Labute approximate surface area is 209 Å². The van der Waals surface area contributed by atoms with Crippen LogP contribution in [0.4, 0.5) is 0 Å². The van der Waals surface area contributed by atoms with Crippen LogP contribution in [0, 0.1) is 0 Å². The molecule has 0 nitrogen and oxygen atoms in total. The Morgan fingerprint density at radius 1 is 0.686 bits per heavy atom. The first-order valence-electron chi connectivity index (χ1n) is 12.4. The molecule has 0 saturated heterocycles. The van der Waals surface area contributed by atoms with Crippen molar-refractivity contribution in [1.29, 1.82) is 0 Å². The van der Waals surface area contributed by atoms with E-state index in [2.05, 4.69) is 142 Å². The van der Waals surface area contributed by atoms with Crippen LogP contribution in [-0.2, 0) is 5.41 Å². The second kappa shape index (κ2) is 9.39. The Hall–Kier alpha value is -3.90. The molecule has 172 valence electrons. The molecule has 4 aromatic carbocycles. The first-order valence-corrected chi connectivity index (χ1v) is 12.4. The number of hydrogen-bond acceptors (Lipinski definition) is 0. The third-order valence-electron chi connectivity index (χ3n) is 7.20. The Balaban J connectivity index is 1.70. The van der Waals surface area contributed by atoms with Gasteiger partial charge in [-0.15, -0.1) is 0 Å². The maximum Gasteiger partial charge on any atom is 0.0435 e. The number of rotatable bonds is 5. The molecule has 0 radical (unpaired) electrons. The lowest BCUT2D eigenvalue weighted by atomic mass is 9.73. The van der Waals surface area contributed by atoms with Gasteiger partial charge in [-0.25, -0.2) is 0 Å². The highest BCUT2D eigenvalue weighted by Crippen LogP contribution is 2.53. The fourth-order valence-electron chi connectivity index (χ4n) is 5.42. The standard InChI is InChI=1S/C35H32/c1-5-7-8-12-26-17-20-33-31(22-26)32-23-28-13-9-10-14-29(28)24-34(32)35(33,4)30-18-15-27(16-19-30)21-25(3)11-6-2/h5-24H,1-4H3/b7-5-,11-6-,12-8-,25-21-. The topological polar surface area (TPSA) is 0 Å². The summed E-state index contributed by atoms with van der Waals surface area (Å²) in [5.41, 5.74) is 10.3. The largest absolute Gasteiger partial charge is 0.0877 e. The number of allylic oxidation sites excluding steroid dienone is 6. The van der Waals surface area contributed by atoms with E-state index in [-0.39, 0.29) is 5.41 Å². The molecule has 35 heavy (non-hydrogen) atoms. The van der Waals surface area contributed by atoms with Crippen molar-refractivity contribution in [3.63, 3.8) is 0 Å². The van der Waals surface area contributed by atoms with E-state index < -0.39 is 0 Å². The van der Waals surface area contributed by atoms with Crippen LogP contribution in [-0.4, -0.2) is 0 Å². The summed E-state index contributed by atoms with van der Waals surface area (Å²) in [6.45, 7) is 8.63. The van der Waals surface area contributed by atoms with Crippen LogP contribution in [0.3, 0.4) is 0 Å². The normalized spacial score (nSPS) is 17.7. The molecule has 4 aromatic rings. The van der Waals surface area contributed by atoms with Crippen LogP contribution < -0.4 is 0 Å². The van der Waals surface area contributed by atoms with Crippen LogP contribution in [0.25, 0.3) is 34.1 Å². The molecule has 5 rings (SSSR count). The summed E-state index contributed by atoms with van der Waals surface area (Å²) in [6, 6.07) is 29.5. The van der Waals surface area contributed by atoms with Crippen molar-refractivity contribution >= 4 is 22.9 Å². The first kappa shape index (κ1) is 22.9. The number of benzene rings is 4. The van der Waals surface area contributed by atoms with Gasteiger partial charge in [0, 0.05) is 5.41 Å². The minimum Gasteiger partial charge on any atom is -0.0877 e. The molecule has 0 fully saturated rings. The predicted octanol–water partition coefficient (Wildman–Crippen LogP) is 9.74. The van der Waals surface area contributed by atoms with E-state index in [4.69, 9.17) is 0 Å². The van der Waals surface area contributed by atoms with Crippen molar-refractivity contribution in [3.05, 3.63) is 143 Å². The van der Waals surface area contributed by atoms with Gasteiger partial charge < -0.3 is 0 Å². The highest BCUT2D eigenvalue weighted by Gasteiger charge is 2.41. The van der Waals surface area contributed by atoms with Crippen LogP contribution in [0.2, 0.25) is 0 Å². The molecule has 0 heterocycles. The van der Waals surface area contributed by atoms with Crippen molar-refractivity contribution in [2.45, 2.75) is 33.1 Å². The van der Waals surface area contributed by atoms with Crippen molar-refractivity contribution < 1.29 is 0 Å². The van der Waals surface area contributed by atoms with Gasteiger partial charge in [-0.05, 0) is 95.6 Å². The molecule has 0 heteroatoms. The van der Waals surface area contributed by atoms with Crippen molar-refractivity contribution in [3.8, 4) is 11.1 Å². The fourth-order valence-corrected chi connectivity index (χ4v) is 5.42. The van der Waals surface area contributed by atoms with Gasteiger partial charge in [-0.3, -0.25) is 0 Å². The van der Waals surface area contributed by atoms with Gasteiger partial charge in [0.05, 0.1) is 0 Å². The van der Waals surface area contributed by atoms with E-state index >= 15 is 0 Å². The molecule has 0 saturated carbocycles. The average Bonchev–Trinajstić information content (AvgIpc) is 3.11. The summed E-state index contributed by atoms with van der Waals surface area (Å²) < 4.78 is 0. The van der Waals surface area contributed by atoms with Gasteiger partial charge in [-0.1, -0.05) is 109 Å². The Morgan fingerprint density at radius 2 is 1.37 bits per heavy atom. The molecule has 1 atom stereocenters. The monoisotopic (exact) mass is 452 g/mol. The van der Waals surface area contributed by atoms with Gasteiger partial charge >= 0.3 is 0 Å². The third kappa shape index (κ3) is 4.10. The van der Waals surface area contributed by atoms with E-state index in [0.29, 0.717) is 0 Å². The molecule has 0 spiro atoms. The van der Waals surface area contributed by atoms with Crippen molar-refractivity contribution in [1.82, 2.24) is 0 Å². The maximum absolute atomic E-state index is 2.41. The molecule has 0 aliphatic heterocycles. The summed E-state index contributed by atoms with van der Waals surface area (Å²) in [7, 11) is 0. The summed E-state index contributed by atoms with van der Waals surface area (Å²) >= 11 is 0. The average molecular weight is 453 g/mol. The lowest BCUT2D eigenvalue weighted by Crippen LogP contribution is -2.22. The minimum atomic E-state index is -0.207. The molecule has 1 unspecified atom stereocenters. The smallest absolute Gasteiger partial charge is 0.0435 e. The molecule has 0 N–H and O–H groups in total. The predicted molar refractivity (Wildman–Crippen MR) is 154 cm³/mol. The van der Waals surface area contributed by atoms with Gasteiger partial charge in [0.25, 0.3) is 0 Å². The van der Waals surface area contributed by atoms with Crippen molar-refractivity contribution in [2.24, 2.45) is 0 Å². The highest BCUT2D eigenvalue weighted by atomic mass is 14.4. The van der Waals surface area contributed by atoms with Crippen molar-refractivity contribution in [2.75, 3.05) is 0 Å². The lowest BCUT2D eigenvalue weighted by molar-refractivity contribution is 0.714. The molecule has 0 bridgehead atoms. The van der Waals surface area contributed by atoms with E-state index in [0.717, 1.165) is 0 Å². The summed E-state index contributed by atoms with van der Waals surface area (Å²) in [5, 5.41) is 2.58. The lowest BCUT2D eigenvalue weighted by Gasteiger charge is -2.28. The number of hydrogen-bond donors (Lipinski definition) is 0. The summed E-state index contributed by atoms with van der Waals surface area (Å²) in [5.74, 6) is 0. The Morgan fingerprint density at radius 3 is 2.09 bits per heavy atom. The summed E-state index contributed by atoms with van der Waals surface area (Å²) in [6.07, 6.45) is 14.9. The summed E-state index contributed by atoms with van der Waals surface area (Å²) in [4.78, 5) is 0. The molecule has 1 aliphatic rings. The fraction of sp³-hybridized carbons (Fsp3) is 0.143. The van der Waals surface area contributed by atoms with Gasteiger partial charge in [-0.2, -0.15) is 0 Å². The second-order valence-electron chi connectivity index (χ2n) is 9.57. The Kier molecular flexibility index (Phi) is 6.14. The minimum absolute atomic E-state index is 0.207. The van der Waals surface area contributed by atoms with Crippen LogP contribution in [0.15, 0.2) is 115 Å². The third-order valence-corrected chi connectivity index (χ3v) is 7.20. The highest BCUT2D eigenvalue weighted by molar-refractivity contribution is 5.95. The van der Waals surface area contributed by atoms with Gasteiger partial charge in [0.15, 0.2) is 0 Å². The number of fused-ring (bicyclic) bond motifs is 4. The second-order valence-corrected chi connectivity index (χ2v) is 9.57. The zero-order valence-corrected chi connectivity index (χ0v) is 21.0. The van der Waals surface area contributed by atoms with Crippen LogP contribution in [0.1, 0.15) is 55.5 Å². The van der Waals surface area contributed by atoms with Gasteiger partial charge in [0.1, 0.15) is 0 Å². The Bertz CT molecular complexity index is 1510. The van der Waals surface area contributed by atoms with Crippen LogP contribution >= 0.6 is 0 Å². The molecule has 1 aliphatic carbocycles. The van der Waals surface area contributed by atoms with Gasteiger partial charge in [0.2, 0.25) is 0 Å². The van der Waals surface area contributed by atoms with E-state index in [1.54, 1.807) is 0 Å². The van der Waals surface area contributed by atoms with E-state index in [9.17, 15) is 0 Å². The van der Waals surface area contributed by atoms with Crippen LogP contribution in [0.5, 0.6) is 0 Å². The molecule has 0 aromatic heterocycles. The maximum atomic E-state index is 2.41.